The number of benzene rings is 1. The van der Waals surface area contributed by atoms with E-state index in [-0.39, 0.29) is 17.5 Å². The smallest absolute Gasteiger partial charge is 0.256 e. The molecule has 1 fully saturated rings. The van der Waals surface area contributed by atoms with Crippen molar-refractivity contribution in [3.05, 3.63) is 29.6 Å². The molecule has 1 aromatic rings. The summed E-state index contributed by atoms with van der Waals surface area (Å²) in [4.78, 5) is 16.3. The van der Waals surface area contributed by atoms with Gasteiger partial charge in [0.05, 0.1) is 5.56 Å². The zero-order valence-electron chi connectivity index (χ0n) is 10.7. The first kappa shape index (κ1) is 12.8. The Hall–Kier alpha value is -1.62. The first-order valence-corrected chi connectivity index (χ1v) is 6.03. The zero-order valence-corrected chi connectivity index (χ0v) is 10.7. The molecule has 0 saturated carbocycles. The summed E-state index contributed by atoms with van der Waals surface area (Å²) in [5.41, 5.74) is 6.33. The fourth-order valence-electron chi connectivity index (χ4n) is 2.31. The van der Waals surface area contributed by atoms with Crippen molar-refractivity contribution >= 4 is 11.6 Å². The number of rotatable bonds is 1. The molecule has 1 saturated heterocycles. The molecule has 1 aliphatic rings. The number of hydrogen-bond donors (Lipinski definition) is 1. The minimum atomic E-state index is -0.436. The molecule has 98 valence electrons. The fourth-order valence-corrected chi connectivity index (χ4v) is 2.31. The van der Waals surface area contributed by atoms with Gasteiger partial charge in [0.2, 0.25) is 0 Å². The topological polar surface area (TPSA) is 49.6 Å². The molecule has 2 N–H and O–H groups in total. The van der Waals surface area contributed by atoms with Crippen molar-refractivity contribution in [3.8, 4) is 0 Å². The summed E-state index contributed by atoms with van der Waals surface area (Å²) in [6.45, 7) is 4.28. The second kappa shape index (κ2) is 4.94. The lowest BCUT2D eigenvalue weighted by molar-refractivity contribution is 0.0534. The Balaban J connectivity index is 2.23. The van der Waals surface area contributed by atoms with Gasteiger partial charge in [-0.05, 0) is 32.2 Å². The first-order valence-electron chi connectivity index (χ1n) is 6.03. The van der Waals surface area contributed by atoms with E-state index in [1.165, 1.54) is 18.2 Å². The summed E-state index contributed by atoms with van der Waals surface area (Å²) >= 11 is 0. The number of carbonyl (C=O) groups excluding carboxylic acids is 1. The van der Waals surface area contributed by atoms with Gasteiger partial charge in [-0.15, -0.1) is 0 Å². The van der Waals surface area contributed by atoms with E-state index < -0.39 is 5.82 Å². The minimum Gasteiger partial charge on any atom is -0.398 e. The Morgan fingerprint density at radius 2 is 2.17 bits per heavy atom. The van der Waals surface area contributed by atoms with Gasteiger partial charge in [-0.2, -0.15) is 0 Å². The highest BCUT2D eigenvalue weighted by atomic mass is 19.1. The maximum Gasteiger partial charge on any atom is 0.256 e. The minimum absolute atomic E-state index is 0.110. The number of halogens is 1. The lowest BCUT2D eigenvalue weighted by Gasteiger charge is -2.38. The molecule has 2 rings (SSSR count). The summed E-state index contributed by atoms with van der Waals surface area (Å²) < 4.78 is 13.2. The Kier molecular flexibility index (Phi) is 3.52. The number of carbonyl (C=O) groups is 1. The third-order valence-electron chi connectivity index (χ3n) is 3.34. The van der Waals surface area contributed by atoms with Gasteiger partial charge in [0.15, 0.2) is 0 Å². The molecule has 1 aromatic carbocycles. The fraction of sp³-hybridized carbons (Fsp3) is 0.462. The summed E-state index contributed by atoms with van der Waals surface area (Å²) in [5, 5.41) is 0. The Bertz CT molecular complexity index is 464. The van der Waals surface area contributed by atoms with Gasteiger partial charge in [0.25, 0.3) is 5.91 Å². The van der Waals surface area contributed by atoms with Gasteiger partial charge >= 0.3 is 0 Å². The number of amides is 1. The van der Waals surface area contributed by atoms with Crippen molar-refractivity contribution in [3.63, 3.8) is 0 Å². The monoisotopic (exact) mass is 251 g/mol. The van der Waals surface area contributed by atoms with E-state index in [0.29, 0.717) is 12.2 Å². The first-order chi connectivity index (χ1) is 8.49. The van der Waals surface area contributed by atoms with Gasteiger partial charge in [-0.25, -0.2) is 4.39 Å². The Morgan fingerprint density at radius 1 is 1.44 bits per heavy atom. The van der Waals surface area contributed by atoms with E-state index in [1.807, 2.05) is 14.0 Å². The molecule has 18 heavy (non-hydrogen) atoms. The number of anilines is 1. The Labute approximate surface area is 106 Å². The number of likely N-dealkylation sites (N-methyl/N-ethyl adjacent to an activating group) is 1. The lowest BCUT2D eigenvalue weighted by Crippen LogP contribution is -2.52. The van der Waals surface area contributed by atoms with Crippen LogP contribution in [0, 0.1) is 5.82 Å². The molecule has 1 atom stereocenters. The van der Waals surface area contributed by atoms with Gasteiger partial charge in [0.1, 0.15) is 5.82 Å². The molecule has 5 heteroatoms. The third kappa shape index (κ3) is 2.46. The van der Waals surface area contributed by atoms with Crippen LogP contribution in [0.15, 0.2) is 18.2 Å². The molecule has 0 spiro atoms. The van der Waals surface area contributed by atoms with Crippen LogP contribution in [0.3, 0.4) is 0 Å². The number of nitrogen functional groups attached to an aromatic ring is 1. The highest BCUT2D eigenvalue weighted by Gasteiger charge is 2.27. The number of nitrogens with zero attached hydrogens (tertiary/aromatic N) is 2. The van der Waals surface area contributed by atoms with Gasteiger partial charge in [-0.3, -0.25) is 4.79 Å². The quantitative estimate of drug-likeness (QED) is 0.763. The SMILES string of the molecule is CC1CN(C)CCN1C(=O)c1cc(F)ccc1N. The molecule has 0 aliphatic carbocycles. The average Bonchev–Trinajstić information content (AvgIpc) is 2.31. The number of nitrogens with two attached hydrogens (primary N) is 1. The standard InChI is InChI=1S/C13H18FN3O/c1-9-8-16(2)5-6-17(9)13(18)11-7-10(14)3-4-12(11)15/h3-4,7,9H,5-6,8,15H2,1-2H3. The van der Waals surface area contributed by atoms with Crippen LogP contribution >= 0.6 is 0 Å². The van der Waals surface area contributed by atoms with E-state index in [4.69, 9.17) is 5.73 Å². The molecule has 1 unspecified atom stereocenters. The number of piperazine rings is 1. The van der Waals surface area contributed by atoms with Crippen LogP contribution in [0.2, 0.25) is 0 Å². The van der Waals surface area contributed by atoms with Crippen LogP contribution in [-0.2, 0) is 0 Å². The van der Waals surface area contributed by atoms with Crippen molar-refractivity contribution in [2.75, 3.05) is 32.4 Å². The van der Waals surface area contributed by atoms with Crippen molar-refractivity contribution < 1.29 is 9.18 Å². The molecule has 1 heterocycles. The van der Waals surface area contributed by atoms with E-state index in [0.717, 1.165) is 13.1 Å². The molecule has 1 amide bonds. The second-order valence-corrected chi connectivity index (χ2v) is 4.84. The van der Waals surface area contributed by atoms with Crippen molar-refractivity contribution in [1.29, 1.82) is 0 Å². The van der Waals surface area contributed by atoms with Crippen molar-refractivity contribution in [1.82, 2.24) is 9.80 Å². The summed E-state index contributed by atoms with van der Waals surface area (Å²) in [6, 6.07) is 4.02. The van der Waals surface area contributed by atoms with Crippen LogP contribution in [-0.4, -0.2) is 48.4 Å². The second-order valence-electron chi connectivity index (χ2n) is 4.84. The zero-order chi connectivity index (χ0) is 13.3. The maximum absolute atomic E-state index is 13.2. The predicted octanol–water partition coefficient (Wildman–Crippen LogP) is 1.18. The van der Waals surface area contributed by atoms with E-state index in [2.05, 4.69) is 4.90 Å². The van der Waals surface area contributed by atoms with Crippen LogP contribution in [0.5, 0.6) is 0 Å². The van der Waals surface area contributed by atoms with Gasteiger partial charge in [-0.1, -0.05) is 0 Å². The lowest BCUT2D eigenvalue weighted by atomic mass is 10.1. The van der Waals surface area contributed by atoms with Crippen LogP contribution in [0.1, 0.15) is 17.3 Å². The average molecular weight is 251 g/mol. The molecule has 0 aromatic heterocycles. The molecular weight excluding hydrogens is 233 g/mol. The van der Waals surface area contributed by atoms with Crippen LogP contribution in [0.25, 0.3) is 0 Å². The third-order valence-corrected chi connectivity index (χ3v) is 3.34. The molecule has 4 nitrogen and oxygen atoms in total. The molecule has 1 aliphatic heterocycles. The molecule has 0 bridgehead atoms. The van der Waals surface area contributed by atoms with Gasteiger partial charge in [0, 0.05) is 31.4 Å². The highest BCUT2D eigenvalue weighted by molar-refractivity contribution is 5.99. The summed E-state index contributed by atoms with van der Waals surface area (Å²) in [5.74, 6) is -0.623. The van der Waals surface area contributed by atoms with Crippen LogP contribution in [0.4, 0.5) is 10.1 Å². The normalized spacial score (nSPS) is 21.1. The molecular formula is C13H18FN3O. The highest BCUT2D eigenvalue weighted by Crippen LogP contribution is 2.19. The largest absolute Gasteiger partial charge is 0.398 e. The van der Waals surface area contributed by atoms with Gasteiger partial charge < -0.3 is 15.5 Å². The summed E-state index contributed by atoms with van der Waals surface area (Å²) in [6.07, 6.45) is 0. The van der Waals surface area contributed by atoms with Crippen LogP contribution < -0.4 is 5.73 Å². The Morgan fingerprint density at radius 3 is 2.83 bits per heavy atom. The predicted molar refractivity (Wildman–Crippen MR) is 68.8 cm³/mol. The van der Waals surface area contributed by atoms with Crippen molar-refractivity contribution in [2.24, 2.45) is 0 Å². The van der Waals surface area contributed by atoms with E-state index in [9.17, 15) is 9.18 Å². The number of hydrogen-bond acceptors (Lipinski definition) is 3. The summed E-state index contributed by atoms with van der Waals surface area (Å²) in [7, 11) is 2.02. The van der Waals surface area contributed by atoms with Crippen molar-refractivity contribution in [2.45, 2.75) is 13.0 Å². The van der Waals surface area contributed by atoms with E-state index in [1.54, 1.807) is 4.90 Å². The maximum atomic E-state index is 13.2. The van der Waals surface area contributed by atoms with E-state index >= 15 is 0 Å². The molecule has 0 radical (unpaired) electrons.